The number of aryl methyl sites for hydroxylation is 1. The summed E-state index contributed by atoms with van der Waals surface area (Å²) in [7, 11) is 0. The number of carbonyl (C=O) groups excluding carboxylic acids is 1. The van der Waals surface area contributed by atoms with E-state index in [9.17, 15) is 13.6 Å². The minimum absolute atomic E-state index is 0.0365. The number of fused-ring (bicyclic) bond motifs is 1. The van der Waals surface area contributed by atoms with E-state index in [4.69, 9.17) is 5.73 Å². The minimum Gasteiger partial charge on any atom is -0.381 e. The summed E-state index contributed by atoms with van der Waals surface area (Å²) in [6, 6.07) is 0. The number of nitrogen functional groups attached to an aromatic ring is 1. The topological polar surface area (TPSA) is 129 Å². The van der Waals surface area contributed by atoms with Crippen molar-refractivity contribution in [1.82, 2.24) is 34.3 Å². The summed E-state index contributed by atoms with van der Waals surface area (Å²) in [6.07, 6.45) is 5.46. The zero-order valence-corrected chi connectivity index (χ0v) is 13.8. The summed E-state index contributed by atoms with van der Waals surface area (Å²) in [4.78, 5) is 24.3. The second kappa shape index (κ2) is 6.09. The SMILES string of the molecule is Cc1ncnn1-c1c(F)cncc1NC(=O)c1c(N)nn2cc(F)cnc12. The van der Waals surface area contributed by atoms with Gasteiger partial charge in [0.05, 0.1) is 30.5 Å². The van der Waals surface area contributed by atoms with Crippen molar-refractivity contribution in [2.45, 2.75) is 6.92 Å². The van der Waals surface area contributed by atoms with E-state index in [0.29, 0.717) is 5.82 Å². The van der Waals surface area contributed by atoms with Gasteiger partial charge in [-0.3, -0.25) is 9.78 Å². The molecule has 1 amide bonds. The van der Waals surface area contributed by atoms with Crippen molar-refractivity contribution in [3.63, 3.8) is 0 Å². The van der Waals surface area contributed by atoms with Crippen LogP contribution in [0.5, 0.6) is 0 Å². The molecule has 4 heterocycles. The molecule has 0 aromatic carbocycles. The van der Waals surface area contributed by atoms with Gasteiger partial charge in [0.15, 0.2) is 23.1 Å². The van der Waals surface area contributed by atoms with E-state index < -0.39 is 17.5 Å². The standard InChI is InChI=1S/C15H11F2N9O/c1-7-21-6-22-26(7)12-9(17)3-19-4-10(12)23-15(27)11-13(18)24-25-5-8(16)2-20-14(11)25/h2-6H,1H3,(H2,18,24)(H,23,27). The molecule has 4 rings (SSSR count). The van der Waals surface area contributed by atoms with Crippen LogP contribution in [0.15, 0.2) is 31.1 Å². The first-order valence-corrected chi connectivity index (χ1v) is 7.57. The highest BCUT2D eigenvalue weighted by Crippen LogP contribution is 2.25. The van der Waals surface area contributed by atoms with Crippen LogP contribution in [0.3, 0.4) is 0 Å². The van der Waals surface area contributed by atoms with E-state index in [1.807, 2.05) is 0 Å². The maximum absolute atomic E-state index is 14.4. The van der Waals surface area contributed by atoms with E-state index in [1.54, 1.807) is 6.92 Å². The maximum atomic E-state index is 14.4. The zero-order valence-electron chi connectivity index (χ0n) is 13.8. The Hall–Kier alpha value is -3.96. The number of nitrogens with one attached hydrogen (secondary N) is 1. The summed E-state index contributed by atoms with van der Waals surface area (Å²) in [5.74, 6) is -1.82. The van der Waals surface area contributed by atoms with Crippen LogP contribution < -0.4 is 11.1 Å². The van der Waals surface area contributed by atoms with Gasteiger partial charge in [0.25, 0.3) is 5.91 Å². The van der Waals surface area contributed by atoms with E-state index in [2.05, 4.69) is 30.5 Å². The number of halogens is 2. The van der Waals surface area contributed by atoms with Crippen molar-refractivity contribution < 1.29 is 13.6 Å². The van der Waals surface area contributed by atoms with Crippen LogP contribution >= 0.6 is 0 Å². The summed E-state index contributed by atoms with van der Waals surface area (Å²) in [5, 5.41) is 10.3. The molecule has 0 saturated carbocycles. The molecule has 0 aliphatic heterocycles. The molecule has 4 aromatic rings. The van der Waals surface area contributed by atoms with Gasteiger partial charge in [-0.25, -0.2) is 27.9 Å². The van der Waals surface area contributed by atoms with Crippen LogP contribution in [-0.4, -0.2) is 40.3 Å². The number of rotatable bonds is 3. The van der Waals surface area contributed by atoms with E-state index in [-0.39, 0.29) is 28.4 Å². The molecular weight excluding hydrogens is 360 g/mol. The first-order valence-electron chi connectivity index (χ1n) is 7.57. The van der Waals surface area contributed by atoms with Crippen LogP contribution in [-0.2, 0) is 0 Å². The molecule has 136 valence electrons. The van der Waals surface area contributed by atoms with Gasteiger partial charge >= 0.3 is 0 Å². The third kappa shape index (κ3) is 2.72. The molecule has 0 saturated heterocycles. The van der Waals surface area contributed by atoms with Crippen molar-refractivity contribution in [3.8, 4) is 5.69 Å². The average Bonchev–Trinajstić information content (AvgIpc) is 3.17. The minimum atomic E-state index is -0.715. The normalized spacial score (nSPS) is 11.1. The van der Waals surface area contributed by atoms with Crippen LogP contribution in [0.1, 0.15) is 16.2 Å². The number of hydrogen-bond donors (Lipinski definition) is 2. The maximum Gasteiger partial charge on any atom is 0.263 e. The third-order valence-corrected chi connectivity index (χ3v) is 3.75. The number of nitrogens with two attached hydrogens (primary N) is 1. The number of nitrogens with zero attached hydrogens (tertiary/aromatic N) is 7. The monoisotopic (exact) mass is 371 g/mol. The fourth-order valence-electron chi connectivity index (χ4n) is 2.59. The number of hydrogen-bond acceptors (Lipinski definition) is 7. The van der Waals surface area contributed by atoms with Crippen molar-refractivity contribution in [1.29, 1.82) is 0 Å². The van der Waals surface area contributed by atoms with Gasteiger partial charge in [0, 0.05) is 0 Å². The lowest BCUT2D eigenvalue weighted by molar-refractivity contribution is 0.102. The van der Waals surface area contributed by atoms with E-state index in [0.717, 1.165) is 23.1 Å². The predicted octanol–water partition coefficient (Wildman–Crippen LogP) is 1.13. The smallest absolute Gasteiger partial charge is 0.263 e. The van der Waals surface area contributed by atoms with Crippen molar-refractivity contribution in [2.75, 3.05) is 11.1 Å². The first-order chi connectivity index (χ1) is 13.0. The van der Waals surface area contributed by atoms with Gasteiger partial charge in [-0.15, -0.1) is 5.10 Å². The lowest BCUT2D eigenvalue weighted by Crippen LogP contribution is -2.17. The van der Waals surface area contributed by atoms with Crippen LogP contribution in [0.2, 0.25) is 0 Å². The van der Waals surface area contributed by atoms with Crippen molar-refractivity contribution in [2.24, 2.45) is 0 Å². The third-order valence-electron chi connectivity index (χ3n) is 3.75. The highest BCUT2D eigenvalue weighted by molar-refractivity contribution is 6.12. The Labute approximate surface area is 149 Å². The molecular formula is C15H11F2N9O. The Morgan fingerprint density at radius 3 is 2.78 bits per heavy atom. The second-order valence-corrected chi connectivity index (χ2v) is 5.49. The van der Waals surface area contributed by atoms with Gasteiger partial charge in [0.2, 0.25) is 0 Å². The molecule has 0 aliphatic carbocycles. The van der Waals surface area contributed by atoms with E-state index >= 15 is 0 Å². The number of amides is 1. The summed E-state index contributed by atoms with van der Waals surface area (Å²) in [6.45, 7) is 1.63. The highest BCUT2D eigenvalue weighted by Gasteiger charge is 2.22. The molecule has 0 unspecified atom stereocenters. The molecule has 3 N–H and O–H groups in total. The number of carbonyl (C=O) groups is 1. The average molecular weight is 371 g/mol. The Morgan fingerprint density at radius 1 is 1.22 bits per heavy atom. The van der Waals surface area contributed by atoms with Gasteiger partial charge in [-0.2, -0.15) is 5.10 Å². The molecule has 12 heteroatoms. The number of anilines is 2. The van der Waals surface area contributed by atoms with Gasteiger partial charge in [-0.05, 0) is 6.92 Å². The van der Waals surface area contributed by atoms with E-state index in [1.165, 1.54) is 17.2 Å². The molecule has 0 aliphatic rings. The quantitative estimate of drug-likeness (QED) is 0.552. The molecule has 0 atom stereocenters. The highest BCUT2D eigenvalue weighted by atomic mass is 19.1. The Morgan fingerprint density at radius 2 is 2.04 bits per heavy atom. The van der Waals surface area contributed by atoms with Crippen LogP contribution in [0, 0.1) is 18.6 Å². The summed E-state index contributed by atoms with van der Waals surface area (Å²) < 4.78 is 29.9. The van der Waals surface area contributed by atoms with Gasteiger partial charge < -0.3 is 11.1 Å². The second-order valence-electron chi connectivity index (χ2n) is 5.49. The molecule has 10 nitrogen and oxygen atoms in total. The lowest BCUT2D eigenvalue weighted by atomic mass is 10.2. The molecule has 27 heavy (non-hydrogen) atoms. The molecule has 0 radical (unpaired) electrons. The van der Waals surface area contributed by atoms with Gasteiger partial charge in [0.1, 0.15) is 23.4 Å². The fraction of sp³-hybridized carbons (Fsp3) is 0.0667. The lowest BCUT2D eigenvalue weighted by Gasteiger charge is -2.12. The molecule has 0 spiro atoms. The molecule has 0 bridgehead atoms. The number of pyridine rings is 1. The molecule has 4 aromatic heterocycles. The number of aromatic nitrogens is 7. The van der Waals surface area contributed by atoms with Crippen LogP contribution in [0.4, 0.5) is 20.3 Å². The predicted molar refractivity (Wildman–Crippen MR) is 89.2 cm³/mol. The Balaban J connectivity index is 1.78. The zero-order chi connectivity index (χ0) is 19.1. The summed E-state index contributed by atoms with van der Waals surface area (Å²) in [5.41, 5.74) is 5.74. The first kappa shape index (κ1) is 16.5. The Kier molecular flexibility index (Phi) is 3.72. The van der Waals surface area contributed by atoms with Gasteiger partial charge in [-0.1, -0.05) is 0 Å². The van der Waals surface area contributed by atoms with Crippen molar-refractivity contribution in [3.05, 3.63) is 54.1 Å². The van der Waals surface area contributed by atoms with Crippen molar-refractivity contribution >= 4 is 23.1 Å². The fourth-order valence-corrected chi connectivity index (χ4v) is 2.59. The largest absolute Gasteiger partial charge is 0.381 e. The summed E-state index contributed by atoms with van der Waals surface area (Å²) >= 11 is 0. The molecule has 0 fully saturated rings. The Bertz CT molecular complexity index is 1180. The van der Waals surface area contributed by atoms with Crippen LogP contribution in [0.25, 0.3) is 11.3 Å².